The van der Waals surface area contributed by atoms with E-state index < -0.39 is 18.9 Å². The molecule has 0 amide bonds. The third-order valence-electron chi connectivity index (χ3n) is 2.77. The van der Waals surface area contributed by atoms with Gasteiger partial charge in [-0.3, -0.25) is 0 Å². The molecule has 0 saturated heterocycles. The maximum Gasteiger partial charge on any atom is 0.324 e. The maximum atomic E-state index is 12.9. The third kappa shape index (κ3) is 3.35. The molecule has 0 aromatic carbocycles. The SMILES string of the molecule is CCc1nnc(NCC(F)(F)C(F)F)c(C#N)c1CC. The van der Waals surface area contributed by atoms with E-state index in [0.29, 0.717) is 24.1 Å². The molecule has 8 heteroatoms. The van der Waals surface area contributed by atoms with E-state index in [2.05, 4.69) is 15.5 Å². The highest BCUT2D eigenvalue weighted by Gasteiger charge is 2.40. The summed E-state index contributed by atoms with van der Waals surface area (Å²) in [4.78, 5) is 0. The Morgan fingerprint density at radius 3 is 2.35 bits per heavy atom. The highest BCUT2D eigenvalue weighted by Crippen LogP contribution is 2.25. The van der Waals surface area contributed by atoms with E-state index in [-0.39, 0.29) is 11.4 Å². The first kappa shape index (κ1) is 16.1. The lowest BCUT2D eigenvalue weighted by Gasteiger charge is -2.17. The summed E-state index contributed by atoms with van der Waals surface area (Å²) >= 11 is 0. The second kappa shape index (κ2) is 6.50. The molecule has 1 N–H and O–H groups in total. The van der Waals surface area contributed by atoms with Gasteiger partial charge in [0.1, 0.15) is 11.6 Å². The molecule has 1 heterocycles. The molecule has 0 radical (unpaired) electrons. The number of aromatic nitrogens is 2. The summed E-state index contributed by atoms with van der Waals surface area (Å²) in [6.07, 6.45) is -2.77. The van der Waals surface area contributed by atoms with Crippen molar-refractivity contribution in [1.82, 2.24) is 10.2 Å². The number of hydrogen-bond donors (Lipinski definition) is 1. The summed E-state index contributed by atoms with van der Waals surface area (Å²) in [5, 5.41) is 18.6. The largest absolute Gasteiger partial charge is 0.361 e. The van der Waals surface area contributed by atoms with Crippen LogP contribution in [-0.2, 0) is 12.8 Å². The van der Waals surface area contributed by atoms with E-state index in [4.69, 9.17) is 5.26 Å². The number of halogens is 4. The second-order valence-electron chi connectivity index (χ2n) is 4.08. The van der Waals surface area contributed by atoms with Gasteiger partial charge in [-0.15, -0.1) is 5.10 Å². The van der Waals surface area contributed by atoms with Crippen LogP contribution in [0.3, 0.4) is 0 Å². The number of rotatable bonds is 6. The van der Waals surface area contributed by atoms with Gasteiger partial charge < -0.3 is 5.32 Å². The van der Waals surface area contributed by atoms with Crippen LogP contribution in [0.25, 0.3) is 0 Å². The Hall–Kier alpha value is -1.91. The number of alkyl halides is 4. The molecular formula is C12H14F4N4. The number of aryl methyl sites for hydroxylation is 1. The number of anilines is 1. The van der Waals surface area contributed by atoms with Crippen molar-refractivity contribution in [3.63, 3.8) is 0 Å². The smallest absolute Gasteiger partial charge is 0.324 e. The van der Waals surface area contributed by atoms with Crippen molar-refractivity contribution in [2.45, 2.75) is 39.0 Å². The molecule has 0 aliphatic heterocycles. The lowest BCUT2D eigenvalue weighted by Crippen LogP contribution is -2.35. The lowest BCUT2D eigenvalue weighted by atomic mass is 10.0. The van der Waals surface area contributed by atoms with Gasteiger partial charge in [0.15, 0.2) is 5.82 Å². The first-order chi connectivity index (χ1) is 9.37. The minimum absolute atomic E-state index is 0.0735. The minimum atomic E-state index is -4.19. The fourth-order valence-corrected chi connectivity index (χ4v) is 1.70. The zero-order valence-corrected chi connectivity index (χ0v) is 11.1. The lowest BCUT2D eigenvalue weighted by molar-refractivity contribution is -0.117. The number of nitrogens with one attached hydrogen (secondary N) is 1. The minimum Gasteiger partial charge on any atom is -0.361 e. The van der Waals surface area contributed by atoms with Crippen molar-refractivity contribution in [3.05, 3.63) is 16.8 Å². The first-order valence-corrected chi connectivity index (χ1v) is 6.05. The molecule has 1 aromatic heterocycles. The predicted octanol–water partition coefficient (Wildman–Crippen LogP) is 2.79. The molecule has 20 heavy (non-hydrogen) atoms. The van der Waals surface area contributed by atoms with Crippen LogP contribution in [0.2, 0.25) is 0 Å². The van der Waals surface area contributed by atoms with Crippen molar-refractivity contribution in [3.8, 4) is 6.07 Å². The molecule has 1 aromatic rings. The third-order valence-corrected chi connectivity index (χ3v) is 2.77. The summed E-state index contributed by atoms with van der Waals surface area (Å²) in [5.41, 5.74) is 1.26. The van der Waals surface area contributed by atoms with Crippen LogP contribution in [-0.4, -0.2) is 29.1 Å². The van der Waals surface area contributed by atoms with Gasteiger partial charge in [0.25, 0.3) is 0 Å². The summed E-state index contributed by atoms with van der Waals surface area (Å²) in [7, 11) is 0. The molecule has 0 saturated carbocycles. The highest BCUT2D eigenvalue weighted by molar-refractivity contribution is 5.56. The van der Waals surface area contributed by atoms with Gasteiger partial charge in [0.05, 0.1) is 12.2 Å². The number of hydrogen-bond acceptors (Lipinski definition) is 4. The molecular weight excluding hydrogens is 276 g/mol. The summed E-state index contributed by atoms with van der Waals surface area (Å²) < 4.78 is 49.8. The predicted molar refractivity (Wildman–Crippen MR) is 64.9 cm³/mol. The van der Waals surface area contributed by atoms with Crippen LogP contribution in [0.5, 0.6) is 0 Å². The molecule has 0 aliphatic carbocycles. The summed E-state index contributed by atoms with van der Waals surface area (Å²) in [6.45, 7) is 2.31. The van der Waals surface area contributed by atoms with Crippen LogP contribution >= 0.6 is 0 Å². The fourth-order valence-electron chi connectivity index (χ4n) is 1.70. The van der Waals surface area contributed by atoms with E-state index in [1.165, 1.54) is 0 Å². The van der Waals surface area contributed by atoms with Gasteiger partial charge >= 0.3 is 12.3 Å². The van der Waals surface area contributed by atoms with E-state index in [0.717, 1.165) is 0 Å². The maximum absolute atomic E-state index is 12.9. The average molecular weight is 290 g/mol. The summed E-state index contributed by atoms with van der Waals surface area (Å²) in [5.74, 6) is -4.38. The molecule has 4 nitrogen and oxygen atoms in total. The Kier molecular flexibility index (Phi) is 5.25. The van der Waals surface area contributed by atoms with Crippen LogP contribution in [0.4, 0.5) is 23.4 Å². The van der Waals surface area contributed by atoms with E-state index in [9.17, 15) is 17.6 Å². The molecule has 0 atom stereocenters. The zero-order valence-electron chi connectivity index (χ0n) is 11.1. The van der Waals surface area contributed by atoms with Crippen molar-refractivity contribution in [2.75, 3.05) is 11.9 Å². The van der Waals surface area contributed by atoms with Crippen LogP contribution in [0.1, 0.15) is 30.7 Å². The summed E-state index contributed by atoms with van der Waals surface area (Å²) in [6, 6.07) is 1.86. The molecule has 1 rings (SSSR count). The molecule has 0 spiro atoms. The fraction of sp³-hybridized carbons (Fsp3) is 0.583. The van der Waals surface area contributed by atoms with E-state index in [1.54, 1.807) is 6.92 Å². The quantitative estimate of drug-likeness (QED) is 0.818. The van der Waals surface area contributed by atoms with Gasteiger partial charge in [-0.1, -0.05) is 13.8 Å². The molecule has 0 aliphatic rings. The van der Waals surface area contributed by atoms with Gasteiger partial charge in [-0.2, -0.15) is 19.1 Å². The zero-order chi connectivity index (χ0) is 15.3. The first-order valence-electron chi connectivity index (χ1n) is 6.05. The average Bonchev–Trinajstić information content (AvgIpc) is 2.43. The monoisotopic (exact) mass is 290 g/mol. The topological polar surface area (TPSA) is 61.6 Å². The second-order valence-corrected chi connectivity index (χ2v) is 4.08. The van der Waals surface area contributed by atoms with Gasteiger partial charge in [0, 0.05) is 0 Å². The normalized spacial score (nSPS) is 11.5. The van der Waals surface area contributed by atoms with Crippen LogP contribution < -0.4 is 5.32 Å². The Balaban J connectivity index is 3.06. The molecule has 0 fully saturated rings. The number of nitrogens with zero attached hydrogens (tertiary/aromatic N) is 3. The van der Waals surface area contributed by atoms with Gasteiger partial charge in [-0.25, -0.2) is 8.78 Å². The molecule has 110 valence electrons. The Bertz CT molecular complexity index is 511. The highest BCUT2D eigenvalue weighted by atomic mass is 19.3. The van der Waals surface area contributed by atoms with Crippen molar-refractivity contribution < 1.29 is 17.6 Å². The van der Waals surface area contributed by atoms with E-state index >= 15 is 0 Å². The van der Waals surface area contributed by atoms with Crippen LogP contribution in [0.15, 0.2) is 0 Å². The van der Waals surface area contributed by atoms with Gasteiger partial charge in [0.2, 0.25) is 0 Å². The Morgan fingerprint density at radius 1 is 1.25 bits per heavy atom. The standard InChI is InChI=1S/C12H14F4N4/c1-3-7-8(5-17)10(20-19-9(7)4-2)18-6-12(15,16)11(13)14/h11H,3-4,6H2,1-2H3,(H,18,20). The van der Waals surface area contributed by atoms with Crippen LogP contribution in [0, 0.1) is 11.3 Å². The van der Waals surface area contributed by atoms with Gasteiger partial charge in [-0.05, 0) is 18.4 Å². The van der Waals surface area contributed by atoms with Crippen molar-refractivity contribution >= 4 is 5.82 Å². The molecule has 0 bridgehead atoms. The Morgan fingerprint density at radius 2 is 1.90 bits per heavy atom. The van der Waals surface area contributed by atoms with E-state index in [1.807, 2.05) is 13.0 Å². The Labute approximate surface area is 113 Å². The van der Waals surface area contributed by atoms with Crippen molar-refractivity contribution in [2.24, 2.45) is 0 Å². The molecule has 0 unspecified atom stereocenters. The number of nitriles is 1. The van der Waals surface area contributed by atoms with Crippen molar-refractivity contribution in [1.29, 1.82) is 5.26 Å².